The molecule has 4 nitrogen and oxygen atoms in total. The Kier molecular flexibility index (Phi) is 5.34. The molecule has 2 atom stereocenters. The van der Waals surface area contributed by atoms with Gasteiger partial charge in [0, 0.05) is 35.1 Å². The van der Waals surface area contributed by atoms with Crippen molar-refractivity contribution >= 4 is 26.3 Å². The van der Waals surface area contributed by atoms with Crippen LogP contribution in [0.15, 0.2) is 29.2 Å². The zero-order valence-electron chi connectivity index (χ0n) is 10.8. The van der Waals surface area contributed by atoms with Gasteiger partial charge in [0.2, 0.25) is 0 Å². The van der Waals surface area contributed by atoms with Gasteiger partial charge in [-0.25, -0.2) is 8.42 Å². The molecule has 0 bridgehead atoms. The van der Waals surface area contributed by atoms with Gasteiger partial charge in [-0.1, -0.05) is 19.1 Å². The zero-order chi connectivity index (χ0) is 13.8. The summed E-state index contributed by atoms with van der Waals surface area (Å²) in [5.41, 5.74) is 0.606. The van der Waals surface area contributed by atoms with Crippen molar-refractivity contribution in [3.8, 4) is 0 Å². The number of hydrogen-bond donors (Lipinski definition) is 1. The van der Waals surface area contributed by atoms with E-state index in [0.717, 1.165) is 6.42 Å². The molecule has 1 rings (SSSR count). The first kappa shape index (κ1) is 15.2. The Morgan fingerprint density at radius 2 is 1.94 bits per heavy atom. The minimum Gasteiger partial charge on any atom is -0.384 e. The van der Waals surface area contributed by atoms with E-state index in [-0.39, 0.29) is 5.25 Å². The second-order valence-corrected chi connectivity index (χ2v) is 8.08. The van der Waals surface area contributed by atoms with Crippen LogP contribution >= 0.6 is 0 Å². The van der Waals surface area contributed by atoms with Gasteiger partial charge in [-0.05, 0) is 18.6 Å². The van der Waals surface area contributed by atoms with Crippen LogP contribution in [-0.2, 0) is 20.6 Å². The molecule has 0 saturated heterocycles. The molecular weight excluding hydrogens is 270 g/mol. The maximum atomic E-state index is 11.6. The maximum absolute atomic E-state index is 11.6. The van der Waals surface area contributed by atoms with Crippen LogP contribution in [0.1, 0.15) is 13.3 Å². The molecule has 6 heteroatoms. The first-order valence-corrected chi connectivity index (χ1v) is 9.19. The van der Waals surface area contributed by atoms with Crippen LogP contribution in [0.2, 0.25) is 0 Å². The van der Waals surface area contributed by atoms with Crippen LogP contribution in [0.5, 0.6) is 0 Å². The van der Waals surface area contributed by atoms with Crippen molar-refractivity contribution in [2.24, 2.45) is 0 Å². The number of nitrogens with one attached hydrogen (secondary N) is 1. The van der Waals surface area contributed by atoms with Crippen LogP contribution < -0.4 is 5.32 Å². The lowest BCUT2D eigenvalue weighted by molar-refractivity contribution is 0.602. The van der Waals surface area contributed by atoms with Crippen molar-refractivity contribution in [2.45, 2.75) is 23.5 Å². The van der Waals surface area contributed by atoms with Crippen molar-refractivity contribution < 1.29 is 12.6 Å². The number of rotatable bonds is 6. The molecule has 0 radical (unpaired) electrons. The highest BCUT2D eigenvalue weighted by atomic mass is 32.2. The number of benzene rings is 1. The average Bonchev–Trinajstić information content (AvgIpc) is 2.28. The topological polar surface area (TPSA) is 63.2 Å². The minimum absolute atomic E-state index is 0.0999. The van der Waals surface area contributed by atoms with E-state index < -0.39 is 20.6 Å². The quantitative estimate of drug-likeness (QED) is 0.865. The molecule has 1 aromatic carbocycles. The standard InChI is InChI=1S/C12H19NO3S2/c1-10(17(2)14)8-9-13-11-6-4-5-7-12(11)18(3,15)16/h4-7,10,13H,8-9H2,1-3H3. The predicted octanol–water partition coefficient (Wildman–Crippen LogP) is 1.66. The molecule has 0 heterocycles. The summed E-state index contributed by atoms with van der Waals surface area (Å²) in [7, 11) is -4.07. The lowest BCUT2D eigenvalue weighted by Gasteiger charge is -2.12. The van der Waals surface area contributed by atoms with Gasteiger partial charge in [-0.2, -0.15) is 0 Å². The number of hydrogen-bond acceptors (Lipinski definition) is 4. The Balaban J connectivity index is 2.72. The fraction of sp³-hybridized carbons (Fsp3) is 0.500. The Labute approximate surface area is 111 Å². The van der Waals surface area contributed by atoms with E-state index in [1.165, 1.54) is 6.26 Å². The smallest absolute Gasteiger partial charge is 0.177 e. The zero-order valence-corrected chi connectivity index (χ0v) is 12.5. The molecule has 0 saturated carbocycles. The SMILES string of the molecule is CC(CCNc1ccccc1S(C)(=O)=O)S(C)=O. The van der Waals surface area contributed by atoms with E-state index in [1.54, 1.807) is 30.5 Å². The molecule has 0 aromatic heterocycles. The fourth-order valence-electron chi connectivity index (χ4n) is 1.51. The summed E-state index contributed by atoms with van der Waals surface area (Å²) in [6, 6.07) is 6.81. The summed E-state index contributed by atoms with van der Waals surface area (Å²) in [5, 5.41) is 3.19. The van der Waals surface area contributed by atoms with Gasteiger partial charge in [0.1, 0.15) is 0 Å². The number of para-hydroxylation sites is 1. The molecule has 102 valence electrons. The highest BCUT2D eigenvalue weighted by Gasteiger charge is 2.12. The molecule has 0 aliphatic carbocycles. The third-order valence-electron chi connectivity index (χ3n) is 2.72. The Hall–Kier alpha value is -0.880. The van der Waals surface area contributed by atoms with E-state index in [0.29, 0.717) is 17.1 Å². The fourth-order valence-corrected chi connectivity index (χ4v) is 2.83. The van der Waals surface area contributed by atoms with E-state index in [4.69, 9.17) is 0 Å². The molecule has 0 amide bonds. The maximum Gasteiger partial charge on any atom is 0.177 e. The summed E-state index contributed by atoms with van der Waals surface area (Å²) < 4.78 is 34.3. The van der Waals surface area contributed by atoms with E-state index in [9.17, 15) is 12.6 Å². The number of anilines is 1. The van der Waals surface area contributed by atoms with Gasteiger partial charge in [-0.15, -0.1) is 0 Å². The molecule has 1 aromatic rings. The highest BCUT2D eigenvalue weighted by molar-refractivity contribution is 7.90. The molecule has 0 spiro atoms. The summed E-state index contributed by atoms with van der Waals surface area (Å²) in [4.78, 5) is 0.301. The molecule has 0 aliphatic rings. The molecule has 2 unspecified atom stereocenters. The largest absolute Gasteiger partial charge is 0.384 e. The van der Waals surface area contributed by atoms with E-state index in [2.05, 4.69) is 5.32 Å². The third kappa shape index (κ3) is 4.42. The van der Waals surface area contributed by atoms with Crippen LogP contribution in [0.3, 0.4) is 0 Å². The Morgan fingerprint density at radius 1 is 1.33 bits per heavy atom. The second kappa shape index (κ2) is 6.33. The highest BCUT2D eigenvalue weighted by Crippen LogP contribution is 2.20. The van der Waals surface area contributed by atoms with E-state index in [1.807, 2.05) is 6.92 Å². The molecular formula is C12H19NO3S2. The molecule has 0 aliphatic heterocycles. The van der Waals surface area contributed by atoms with Crippen molar-refractivity contribution in [2.75, 3.05) is 24.4 Å². The second-order valence-electron chi connectivity index (χ2n) is 4.29. The first-order valence-electron chi connectivity index (χ1n) is 5.67. The van der Waals surface area contributed by atoms with Crippen molar-refractivity contribution in [1.82, 2.24) is 0 Å². The van der Waals surface area contributed by atoms with Crippen molar-refractivity contribution in [3.05, 3.63) is 24.3 Å². The van der Waals surface area contributed by atoms with Gasteiger partial charge in [0.25, 0.3) is 0 Å². The van der Waals surface area contributed by atoms with Gasteiger partial charge >= 0.3 is 0 Å². The molecule has 0 fully saturated rings. The first-order chi connectivity index (χ1) is 8.32. The number of sulfone groups is 1. The summed E-state index contributed by atoms with van der Waals surface area (Å²) in [6.45, 7) is 2.52. The Bertz CT molecular complexity index is 526. The normalized spacial score (nSPS) is 15.1. The lowest BCUT2D eigenvalue weighted by Crippen LogP contribution is -2.15. The van der Waals surface area contributed by atoms with Gasteiger partial charge in [0.15, 0.2) is 9.84 Å². The predicted molar refractivity (Wildman–Crippen MR) is 76.2 cm³/mol. The minimum atomic E-state index is -3.22. The lowest BCUT2D eigenvalue weighted by atomic mass is 10.3. The van der Waals surface area contributed by atoms with Crippen LogP contribution in [0.25, 0.3) is 0 Å². The third-order valence-corrected chi connectivity index (χ3v) is 5.24. The van der Waals surface area contributed by atoms with Gasteiger partial charge in [0.05, 0.1) is 10.6 Å². The summed E-state index contributed by atoms with van der Waals surface area (Å²) in [6.07, 6.45) is 3.60. The molecule has 1 N–H and O–H groups in total. The average molecular weight is 289 g/mol. The summed E-state index contributed by atoms with van der Waals surface area (Å²) in [5.74, 6) is 0. The van der Waals surface area contributed by atoms with Crippen molar-refractivity contribution in [3.63, 3.8) is 0 Å². The monoisotopic (exact) mass is 289 g/mol. The Morgan fingerprint density at radius 3 is 2.50 bits per heavy atom. The molecule has 18 heavy (non-hydrogen) atoms. The van der Waals surface area contributed by atoms with Gasteiger partial charge < -0.3 is 5.32 Å². The summed E-state index contributed by atoms with van der Waals surface area (Å²) >= 11 is 0. The van der Waals surface area contributed by atoms with Crippen molar-refractivity contribution in [1.29, 1.82) is 0 Å². The van der Waals surface area contributed by atoms with Crippen LogP contribution in [0.4, 0.5) is 5.69 Å². The van der Waals surface area contributed by atoms with Crippen LogP contribution in [-0.4, -0.2) is 36.9 Å². The van der Waals surface area contributed by atoms with E-state index >= 15 is 0 Å². The van der Waals surface area contributed by atoms with Crippen LogP contribution in [0, 0.1) is 0 Å². The van der Waals surface area contributed by atoms with Gasteiger partial charge in [-0.3, -0.25) is 4.21 Å².